The number of carbonyl (C=O) groups is 1. The summed E-state index contributed by atoms with van der Waals surface area (Å²) in [4.78, 5) is 12.2. The van der Waals surface area contributed by atoms with E-state index in [0.717, 1.165) is 24.2 Å². The Labute approximate surface area is 142 Å². The fourth-order valence-corrected chi connectivity index (χ4v) is 4.24. The van der Waals surface area contributed by atoms with Crippen LogP contribution >= 0.6 is 35.0 Å². The summed E-state index contributed by atoms with van der Waals surface area (Å²) in [6.07, 6.45) is 5.72. The first-order valence-electron chi connectivity index (χ1n) is 7.67. The van der Waals surface area contributed by atoms with Gasteiger partial charge in [-0.2, -0.15) is 11.8 Å². The molecular formula is C17H24Cl2OS. The number of hydrogen-bond acceptors (Lipinski definition) is 2. The molecule has 0 fully saturated rings. The number of thioether (sulfide) groups is 1. The predicted molar refractivity (Wildman–Crippen MR) is 95.7 cm³/mol. The van der Waals surface area contributed by atoms with E-state index < -0.39 is 0 Å². The molecule has 0 aromatic heterocycles. The Hall–Kier alpha value is -0.180. The van der Waals surface area contributed by atoms with Gasteiger partial charge in [-0.05, 0) is 24.3 Å². The molecule has 21 heavy (non-hydrogen) atoms. The standard InChI is InChI=1S/C17H24Cl2OS/c1-3-5-6-7-9-13(20)12-16(21-4-2)17-14(18)10-8-11-15(17)19/h8,10-11,16H,3-7,9,12H2,1-2H3/t16-/m0/s1. The highest BCUT2D eigenvalue weighted by Crippen LogP contribution is 2.40. The smallest absolute Gasteiger partial charge is 0.134 e. The van der Waals surface area contributed by atoms with Crippen LogP contribution in [0, 0.1) is 0 Å². The van der Waals surface area contributed by atoms with Gasteiger partial charge in [0.15, 0.2) is 0 Å². The number of halogens is 2. The largest absolute Gasteiger partial charge is 0.300 e. The Balaban J connectivity index is 2.67. The first-order valence-corrected chi connectivity index (χ1v) is 9.47. The van der Waals surface area contributed by atoms with Crippen molar-refractivity contribution in [3.05, 3.63) is 33.8 Å². The van der Waals surface area contributed by atoms with Gasteiger partial charge in [0.1, 0.15) is 5.78 Å². The molecule has 0 spiro atoms. The van der Waals surface area contributed by atoms with Crippen molar-refractivity contribution in [1.29, 1.82) is 0 Å². The van der Waals surface area contributed by atoms with Crippen molar-refractivity contribution < 1.29 is 4.79 Å². The third kappa shape index (κ3) is 6.63. The van der Waals surface area contributed by atoms with E-state index >= 15 is 0 Å². The van der Waals surface area contributed by atoms with Gasteiger partial charge in [-0.3, -0.25) is 4.79 Å². The van der Waals surface area contributed by atoms with Gasteiger partial charge in [0.25, 0.3) is 0 Å². The maximum absolute atomic E-state index is 12.2. The zero-order valence-electron chi connectivity index (χ0n) is 12.8. The Morgan fingerprint density at radius 3 is 2.38 bits per heavy atom. The number of unbranched alkanes of at least 4 members (excludes halogenated alkanes) is 3. The van der Waals surface area contributed by atoms with Crippen LogP contribution in [0.15, 0.2) is 18.2 Å². The van der Waals surface area contributed by atoms with E-state index in [1.54, 1.807) is 11.8 Å². The number of benzene rings is 1. The van der Waals surface area contributed by atoms with Crippen molar-refractivity contribution in [3.63, 3.8) is 0 Å². The lowest BCUT2D eigenvalue weighted by Crippen LogP contribution is -2.06. The van der Waals surface area contributed by atoms with Crippen molar-refractivity contribution in [3.8, 4) is 0 Å². The molecule has 0 bridgehead atoms. The normalized spacial score (nSPS) is 12.4. The maximum Gasteiger partial charge on any atom is 0.134 e. The van der Waals surface area contributed by atoms with Gasteiger partial charge in [-0.1, -0.05) is 62.4 Å². The van der Waals surface area contributed by atoms with E-state index in [9.17, 15) is 4.79 Å². The molecule has 0 amide bonds. The van der Waals surface area contributed by atoms with Crippen LogP contribution in [0.25, 0.3) is 0 Å². The van der Waals surface area contributed by atoms with Gasteiger partial charge in [0.05, 0.1) is 0 Å². The van der Waals surface area contributed by atoms with E-state index in [1.807, 2.05) is 18.2 Å². The Bertz CT molecular complexity index is 428. The first kappa shape index (κ1) is 18.9. The third-order valence-electron chi connectivity index (χ3n) is 3.41. The van der Waals surface area contributed by atoms with Crippen molar-refractivity contribution in [2.75, 3.05) is 5.75 Å². The highest BCUT2D eigenvalue weighted by Gasteiger charge is 2.20. The molecule has 1 nitrogen and oxygen atoms in total. The SMILES string of the molecule is CCCCCCC(=O)C[C@H](SCC)c1c(Cl)cccc1Cl. The van der Waals surface area contributed by atoms with E-state index in [0.29, 0.717) is 28.7 Å². The van der Waals surface area contributed by atoms with E-state index in [-0.39, 0.29) is 5.25 Å². The molecule has 1 aromatic carbocycles. The lowest BCUT2D eigenvalue weighted by atomic mass is 10.0. The van der Waals surface area contributed by atoms with Gasteiger partial charge in [-0.25, -0.2) is 0 Å². The minimum atomic E-state index is 0.0647. The van der Waals surface area contributed by atoms with Crippen LogP contribution in [-0.2, 0) is 4.79 Å². The fourth-order valence-electron chi connectivity index (χ4n) is 2.32. The molecule has 1 rings (SSSR count). The van der Waals surface area contributed by atoms with Gasteiger partial charge in [0, 0.05) is 33.7 Å². The lowest BCUT2D eigenvalue weighted by molar-refractivity contribution is -0.119. The fraction of sp³-hybridized carbons (Fsp3) is 0.588. The summed E-state index contributed by atoms with van der Waals surface area (Å²) < 4.78 is 0. The summed E-state index contributed by atoms with van der Waals surface area (Å²) >= 11 is 14.3. The highest BCUT2D eigenvalue weighted by molar-refractivity contribution is 7.99. The summed E-state index contributed by atoms with van der Waals surface area (Å²) in [6, 6.07) is 5.53. The van der Waals surface area contributed by atoms with Gasteiger partial charge in [-0.15, -0.1) is 0 Å². The topological polar surface area (TPSA) is 17.1 Å². The molecule has 0 aliphatic heterocycles. The number of ketones is 1. The third-order valence-corrected chi connectivity index (χ3v) is 5.21. The second-order valence-electron chi connectivity index (χ2n) is 5.13. The Kier molecular flexibility index (Phi) is 9.46. The average Bonchev–Trinajstić information content (AvgIpc) is 2.43. The monoisotopic (exact) mass is 346 g/mol. The summed E-state index contributed by atoms with van der Waals surface area (Å²) in [5.41, 5.74) is 0.912. The molecule has 1 aromatic rings. The first-order chi connectivity index (χ1) is 10.1. The Morgan fingerprint density at radius 1 is 1.14 bits per heavy atom. The van der Waals surface area contributed by atoms with E-state index in [1.165, 1.54) is 12.8 Å². The van der Waals surface area contributed by atoms with Crippen molar-refractivity contribution >= 4 is 40.7 Å². The minimum absolute atomic E-state index is 0.0647. The van der Waals surface area contributed by atoms with Gasteiger partial charge < -0.3 is 0 Å². The molecule has 0 heterocycles. The average molecular weight is 347 g/mol. The van der Waals surface area contributed by atoms with Crippen LogP contribution in [0.4, 0.5) is 0 Å². The van der Waals surface area contributed by atoms with Crippen LogP contribution in [0.3, 0.4) is 0 Å². The zero-order valence-corrected chi connectivity index (χ0v) is 15.2. The van der Waals surface area contributed by atoms with Crippen LogP contribution in [-0.4, -0.2) is 11.5 Å². The molecule has 0 aliphatic rings. The van der Waals surface area contributed by atoms with Gasteiger partial charge in [0.2, 0.25) is 0 Å². The van der Waals surface area contributed by atoms with E-state index in [2.05, 4.69) is 13.8 Å². The molecule has 0 radical (unpaired) electrons. The second kappa shape index (κ2) is 10.5. The molecule has 118 valence electrons. The van der Waals surface area contributed by atoms with Crippen molar-refractivity contribution in [2.45, 2.75) is 57.6 Å². The summed E-state index contributed by atoms with van der Waals surface area (Å²) in [5, 5.41) is 1.38. The molecule has 4 heteroatoms. The molecule has 0 saturated heterocycles. The highest BCUT2D eigenvalue weighted by atomic mass is 35.5. The maximum atomic E-state index is 12.2. The minimum Gasteiger partial charge on any atom is -0.300 e. The van der Waals surface area contributed by atoms with Crippen molar-refractivity contribution in [1.82, 2.24) is 0 Å². The molecule has 0 unspecified atom stereocenters. The van der Waals surface area contributed by atoms with E-state index in [4.69, 9.17) is 23.2 Å². The number of carbonyl (C=O) groups excluding carboxylic acids is 1. The predicted octanol–water partition coefficient (Wildman–Crippen LogP) is 6.72. The Morgan fingerprint density at radius 2 is 1.81 bits per heavy atom. The van der Waals surface area contributed by atoms with Crippen LogP contribution in [0.1, 0.15) is 63.2 Å². The molecular weight excluding hydrogens is 323 g/mol. The number of rotatable bonds is 10. The molecule has 0 N–H and O–H groups in total. The van der Waals surface area contributed by atoms with Crippen LogP contribution in [0.2, 0.25) is 10.0 Å². The van der Waals surface area contributed by atoms with Crippen LogP contribution in [0.5, 0.6) is 0 Å². The second-order valence-corrected chi connectivity index (χ2v) is 7.43. The van der Waals surface area contributed by atoms with Crippen LogP contribution < -0.4 is 0 Å². The number of hydrogen-bond donors (Lipinski definition) is 0. The van der Waals surface area contributed by atoms with Gasteiger partial charge >= 0.3 is 0 Å². The summed E-state index contributed by atoms with van der Waals surface area (Å²) in [7, 11) is 0. The summed E-state index contributed by atoms with van der Waals surface area (Å²) in [5.74, 6) is 1.25. The quantitative estimate of drug-likeness (QED) is 0.437. The summed E-state index contributed by atoms with van der Waals surface area (Å²) in [6.45, 7) is 4.27. The number of Topliss-reactive ketones (excluding diaryl/α,β-unsaturated/α-hetero) is 1. The molecule has 1 atom stereocenters. The lowest BCUT2D eigenvalue weighted by Gasteiger charge is -2.18. The molecule has 0 aliphatic carbocycles. The zero-order chi connectivity index (χ0) is 15.7. The molecule has 0 saturated carbocycles. The van der Waals surface area contributed by atoms with Crippen molar-refractivity contribution in [2.24, 2.45) is 0 Å².